The van der Waals surface area contributed by atoms with E-state index in [1.54, 1.807) is 13.8 Å². The zero-order valence-corrected chi connectivity index (χ0v) is 45.4. The van der Waals surface area contributed by atoms with Crippen LogP contribution in [0.1, 0.15) is 120 Å². The molecular formula is C54H92O22. The number of ether oxygens (including phenoxy) is 8. The van der Waals surface area contributed by atoms with Crippen LogP contribution in [-0.2, 0) is 37.9 Å². The summed E-state index contributed by atoms with van der Waals surface area (Å²) < 4.78 is 48.1. The van der Waals surface area contributed by atoms with Crippen molar-refractivity contribution in [1.82, 2.24) is 0 Å². The van der Waals surface area contributed by atoms with Crippen molar-refractivity contribution in [3.8, 4) is 0 Å². The molecule has 7 fully saturated rings. The fraction of sp³-hybridized carbons (Fsp3) is 0.963. The lowest BCUT2D eigenvalue weighted by Crippen LogP contribution is -2.65. The molecule has 4 saturated heterocycles. The Morgan fingerprint density at radius 1 is 0.618 bits per heavy atom. The summed E-state index contributed by atoms with van der Waals surface area (Å²) in [6.07, 6.45) is -20.4. The highest BCUT2D eigenvalue weighted by Crippen LogP contribution is 2.75. The number of aliphatic hydroxyl groups is 14. The molecule has 440 valence electrons. The van der Waals surface area contributed by atoms with Gasteiger partial charge in [0.1, 0.15) is 79.4 Å². The molecule has 0 aromatic rings. The summed E-state index contributed by atoms with van der Waals surface area (Å²) in [5.74, 6) is 1.18. The monoisotopic (exact) mass is 1090 g/mol. The van der Waals surface area contributed by atoms with E-state index >= 15 is 0 Å². The molecule has 22 nitrogen and oxygen atoms in total. The highest BCUT2D eigenvalue weighted by molar-refractivity contribution is 5.30. The maximum atomic E-state index is 11.8. The fourth-order valence-corrected chi connectivity index (χ4v) is 15.6. The van der Waals surface area contributed by atoms with Gasteiger partial charge in [-0.15, -0.1) is 0 Å². The summed E-state index contributed by atoms with van der Waals surface area (Å²) in [6, 6.07) is 0. The molecule has 8 rings (SSSR count). The smallest absolute Gasteiger partial charge is 0.187 e. The fourth-order valence-electron chi connectivity index (χ4n) is 15.6. The van der Waals surface area contributed by atoms with Gasteiger partial charge in [-0.2, -0.15) is 0 Å². The van der Waals surface area contributed by atoms with E-state index in [2.05, 4.69) is 47.6 Å². The highest BCUT2D eigenvalue weighted by atomic mass is 16.8. The number of allylic oxidation sites excluding steroid dienone is 1. The van der Waals surface area contributed by atoms with Gasteiger partial charge in [0, 0.05) is 11.8 Å². The summed E-state index contributed by atoms with van der Waals surface area (Å²) in [7, 11) is 0. The van der Waals surface area contributed by atoms with E-state index in [1.165, 1.54) is 5.57 Å². The van der Waals surface area contributed by atoms with Crippen molar-refractivity contribution in [3.63, 3.8) is 0 Å². The minimum Gasteiger partial charge on any atom is -0.394 e. The van der Waals surface area contributed by atoms with Crippen molar-refractivity contribution < 1.29 is 109 Å². The third-order valence-electron chi connectivity index (χ3n) is 20.6. The van der Waals surface area contributed by atoms with Gasteiger partial charge in [-0.3, -0.25) is 0 Å². The van der Waals surface area contributed by atoms with Gasteiger partial charge < -0.3 is 109 Å². The normalized spacial score (nSPS) is 50.5. The third-order valence-corrected chi connectivity index (χ3v) is 20.6. The molecule has 0 radical (unpaired) electrons. The van der Waals surface area contributed by atoms with Crippen LogP contribution in [0, 0.1) is 45.3 Å². The molecule has 4 heterocycles. The van der Waals surface area contributed by atoms with Crippen molar-refractivity contribution in [2.24, 2.45) is 45.3 Å². The summed E-state index contributed by atoms with van der Waals surface area (Å²) in [5.41, 5.74) is -0.572. The number of fused-ring (bicyclic) bond motifs is 5. The van der Waals surface area contributed by atoms with Crippen molar-refractivity contribution in [2.75, 3.05) is 26.4 Å². The SMILES string of the molecule is CC(CCC(O[C@@H]1O[C@H](CO[C@@H]2O[C@H](CO)[C@@H](O)[C@H](O)C2O)[C@@H](O)[C@H](O)[C@H]1O[C@@H]1O[C@H](CO)[C@@H](O)[C@H](O)[C@H]1O)C(C)(C)O)C1CCC2(C)C3CC=C4C(CC[C@H](O[C@@H]5O[C@H](CO)C[C@H](O)[C@H]5O)C4(C)C)C3(C)CCC12C. The molecule has 9 unspecified atom stereocenters. The second kappa shape index (κ2) is 23.3. The van der Waals surface area contributed by atoms with Crippen LogP contribution >= 0.6 is 0 Å². The Labute approximate surface area is 445 Å². The summed E-state index contributed by atoms with van der Waals surface area (Å²) >= 11 is 0. The first-order chi connectivity index (χ1) is 35.6. The lowest BCUT2D eigenvalue weighted by molar-refractivity contribution is -0.380. The van der Waals surface area contributed by atoms with Crippen LogP contribution in [-0.4, -0.2) is 232 Å². The van der Waals surface area contributed by atoms with E-state index in [0.717, 1.165) is 44.9 Å². The number of rotatable bonds is 17. The summed E-state index contributed by atoms with van der Waals surface area (Å²) in [6.45, 7) is 14.8. The van der Waals surface area contributed by atoms with Crippen LogP contribution in [0.2, 0.25) is 0 Å². The zero-order valence-electron chi connectivity index (χ0n) is 45.4. The molecule has 8 aliphatic rings. The molecule has 0 amide bonds. The number of aliphatic hydroxyl groups excluding tert-OH is 13. The highest BCUT2D eigenvalue weighted by Gasteiger charge is 2.68. The molecule has 22 heteroatoms. The largest absolute Gasteiger partial charge is 0.394 e. The minimum absolute atomic E-state index is 0.00529. The quantitative estimate of drug-likeness (QED) is 0.0763. The molecule has 3 saturated carbocycles. The molecule has 0 spiro atoms. The van der Waals surface area contributed by atoms with Gasteiger partial charge >= 0.3 is 0 Å². The van der Waals surface area contributed by atoms with Crippen LogP contribution in [0.15, 0.2) is 11.6 Å². The minimum atomic E-state index is -1.90. The van der Waals surface area contributed by atoms with Gasteiger partial charge in [0.05, 0.1) is 56.4 Å². The van der Waals surface area contributed by atoms with Gasteiger partial charge in [0.25, 0.3) is 0 Å². The van der Waals surface area contributed by atoms with Gasteiger partial charge in [-0.25, -0.2) is 0 Å². The van der Waals surface area contributed by atoms with Crippen LogP contribution in [0.5, 0.6) is 0 Å². The standard InChI is InChI=1S/C54H92O22/c1-24(26-15-16-54(8)33-12-10-27-28(52(33,6)17-18-53(26,54)7)11-14-34(50(27,2)3)74-47-36(59)29(58)19-25(20-55)70-47)9-13-35(51(4,5)68)75-49-45(76-48-44(67)41(64)38(61)31(22-57)72-48)42(65)39(62)32(73-49)23-69-46-43(66)40(63)37(60)30(21-56)71-46/h10,24-26,28-49,55-68H,9,11-23H2,1-8H3/t24?,25-,26?,28?,29-,30+,31+,32+,33?,34-,35?,36+,37+,38+,39+,40-,41-,42-,43?,44+,45+,46+,47-,48-,49-,52?,53?,54?/m0/s1. The van der Waals surface area contributed by atoms with E-state index in [0.29, 0.717) is 30.6 Å². The van der Waals surface area contributed by atoms with Crippen LogP contribution in [0.3, 0.4) is 0 Å². The second-order valence-corrected chi connectivity index (χ2v) is 25.7. The Bertz CT molecular complexity index is 1950. The maximum absolute atomic E-state index is 11.8. The molecule has 0 bridgehead atoms. The molecule has 4 aliphatic carbocycles. The Balaban J connectivity index is 0.974. The van der Waals surface area contributed by atoms with Crippen molar-refractivity contribution in [2.45, 2.75) is 254 Å². The van der Waals surface area contributed by atoms with E-state index in [9.17, 15) is 71.5 Å². The van der Waals surface area contributed by atoms with Gasteiger partial charge in [-0.1, -0.05) is 53.2 Å². The predicted octanol–water partition coefficient (Wildman–Crippen LogP) is -1.17. The van der Waals surface area contributed by atoms with Crippen LogP contribution < -0.4 is 0 Å². The van der Waals surface area contributed by atoms with Crippen molar-refractivity contribution in [1.29, 1.82) is 0 Å². The van der Waals surface area contributed by atoms with Crippen molar-refractivity contribution >= 4 is 0 Å². The number of hydrogen-bond donors (Lipinski definition) is 14. The second-order valence-electron chi connectivity index (χ2n) is 25.7. The first-order valence-corrected chi connectivity index (χ1v) is 27.8. The Kier molecular flexibility index (Phi) is 18.6. The number of hydrogen-bond acceptors (Lipinski definition) is 22. The topological polar surface area (TPSA) is 357 Å². The summed E-state index contributed by atoms with van der Waals surface area (Å²) in [4.78, 5) is 0. The predicted molar refractivity (Wildman–Crippen MR) is 265 cm³/mol. The van der Waals surface area contributed by atoms with Crippen molar-refractivity contribution in [3.05, 3.63) is 11.6 Å². The first kappa shape index (κ1) is 60.9. The van der Waals surface area contributed by atoms with E-state index in [-0.39, 0.29) is 46.7 Å². The average Bonchev–Trinajstić information content (AvgIpc) is 3.67. The maximum Gasteiger partial charge on any atom is 0.187 e. The molecule has 14 N–H and O–H groups in total. The lowest BCUT2D eigenvalue weighted by atomic mass is 9.39. The molecule has 0 aromatic carbocycles. The van der Waals surface area contributed by atoms with Crippen LogP contribution in [0.4, 0.5) is 0 Å². The Morgan fingerprint density at radius 2 is 1.21 bits per heavy atom. The lowest BCUT2D eigenvalue weighted by Gasteiger charge is -2.66. The molecule has 0 aromatic heterocycles. The first-order valence-electron chi connectivity index (χ1n) is 27.8. The summed E-state index contributed by atoms with van der Waals surface area (Å²) in [5, 5.41) is 149. The van der Waals surface area contributed by atoms with E-state index in [4.69, 9.17) is 37.9 Å². The Morgan fingerprint density at radius 3 is 1.83 bits per heavy atom. The molecule has 28 atom stereocenters. The van der Waals surface area contributed by atoms with Gasteiger partial charge in [0.2, 0.25) is 0 Å². The molecule has 76 heavy (non-hydrogen) atoms. The molecule has 4 aliphatic heterocycles. The van der Waals surface area contributed by atoms with Gasteiger partial charge in [-0.05, 0) is 112 Å². The van der Waals surface area contributed by atoms with Crippen LogP contribution in [0.25, 0.3) is 0 Å². The van der Waals surface area contributed by atoms with E-state index < -0.39 is 148 Å². The Hall–Kier alpha value is -1.14. The zero-order chi connectivity index (χ0) is 55.8. The average molecular weight is 1090 g/mol. The van der Waals surface area contributed by atoms with Gasteiger partial charge in [0.15, 0.2) is 25.2 Å². The van der Waals surface area contributed by atoms with E-state index in [1.807, 2.05) is 0 Å². The third kappa shape index (κ3) is 11.0. The molecular weight excluding hydrogens is 1000 g/mol.